The number of benzene rings is 2. The summed E-state index contributed by atoms with van der Waals surface area (Å²) in [6.07, 6.45) is 3.71. The topological polar surface area (TPSA) is 87.2 Å². The van der Waals surface area contributed by atoms with Crippen molar-refractivity contribution >= 4 is 23.7 Å². The molecule has 0 bridgehead atoms. The second kappa shape index (κ2) is 9.72. The van der Waals surface area contributed by atoms with Crippen LogP contribution in [0.4, 0.5) is 10.5 Å². The van der Waals surface area contributed by atoms with Crippen molar-refractivity contribution in [2.75, 3.05) is 4.90 Å². The van der Waals surface area contributed by atoms with Crippen molar-refractivity contribution in [3.05, 3.63) is 65.7 Å². The van der Waals surface area contributed by atoms with Crippen LogP contribution in [0.3, 0.4) is 0 Å². The van der Waals surface area contributed by atoms with Gasteiger partial charge in [-0.15, -0.1) is 0 Å². The molecule has 2 aliphatic carbocycles. The van der Waals surface area contributed by atoms with E-state index < -0.39 is 5.97 Å². The van der Waals surface area contributed by atoms with E-state index in [0.717, 1.165) is 48.9 Å². The minimum absolute atomic E-state index is 0.00222. The number of aliphatic carboxylic acids is 1. The SMILES string of the molecule is CC(OC(=O)N1c2ccccc2C(N(C(=O)CCC(=O)O)C2CC2)C2CCCC21)c1ccccc1. The molecule has 2 aromatic rings. The maximum Gasteiger partial charge on any atom is 0.415 e. The third kappa shape index (κ3) is 4.64. The molecule has 5 rings (SSSR count). The molecule has 0 aromatic heterocycles. The Morgan fingerprint density at radius 3 is 2.43 bits per heavy atom. The van der Waals surface area contributed by atoms with Crippen LogP contribution in [-0.2, 0) is 14.3 Å². The van der Waals surface area contributed by atoms with E-state index in [1.807, 2.05) is 71.3 Å². The predicted molar refractivity (Wildman–Crippen MR) is 131 cm³/mol. The number of ether oxygens (including phenoxy) is 1. The Morgan fingerprint density at radius 1 is 1.00 bits per heavy atom. The Morgan fingerprint density at radius 2 is 1.71 bits per heavy atom. The van der Waals surface area contributed by atoms with Gasteiger partial charge in [0.25, 0.3) is 0 Å². The van der Waals surface area contributed by atoms with Crippen LogP contribution in [-0.4, -0.2) is 40.1 Å². The highest BCUT2D eigenvalue weighted by molar-refractivity contribution is 5.91. The number of carbonyl (C=O) groups is 3. The smallest absolute Gasteiger partial charge is 0.415 e. The van der Waals surface area contributed by atoms with Gasteiger partial charge in [-0.2, -0.15) is 0 Å². The highest BCUT2D eigenvalue weighted by Crippen LogP contribution is 2.52. The normalized spacial score (nSPS) is 23.7. The molecule has 0 radical (unpaired) electrons. The zero-order chi connectivity index (χ0) is 24.5. The molecule has 35 heavy (non-hydrogen) atoms. The van der Waals surface area contributed by atoms with E-state index in [0.29, 0.717) is 0 Å². The first-order valence-corrected chi connectivity index (χ1v) is 12.6. The predicted octanol–water partition coefficient (Wildman–Crippen LogP) is 5.47. The van der Waals surface area contributed by atoms with Crippen LogP contribution in [0.15, 0.2) is 54.6 Å². The van der Waals surface area contributed by atoms with Crippen molar-refractivity contribution in [1.29, 1.82) is 0 Å². The lowest BCUT2D eigenvalue weighted by Gasteiger charge is -2.47. The van der Waals surface area contributed by atoms with Crippen molar-refractivity contribution in [1.82, 2.24) is 4.90 Å². The van der Waals surface area contributed by atoms with Crippen molar-refractivity contribution in [2.45, 2.75) is 76.1 Å². The molecule has 7 nitrogen and oxygen atoms in total. The van der Waals surface area contributed by atoms with Gasteiger partial charge in [0.15, 0.2) is 0 Å². The fourth-order valence-electron chi connectivity index (χ4n) is 5.90. The van der Waals surface area contributed by atoms with Gasteiger partial charge >= 0.3 is 12.1 Å². The van der Waals surface area contributed by atoms with Gasteiger partial charge in [-0.05, 0) is 49.8 Å². The van der Waals surface area contributed by atoms with Crippen molar-refractivity contribution in [3.8, 4) is 0 Å². The monoisotopic (exact) mass is 476 g/mol. The molecule has 2 amide bonds. The summed E-state index contributed by atoms with van der Waals surface area (Å²) in [5.41, 5.74) is 2.69. The fraction of sp³-hybridized carbons (Fsp3) is 0.464. The molecule has 1 N–H and O–H groups in total. The summed E-state index contributed by atoms with van der Waals surface area (Å²) in [7, 11) is 0. The summed E-state index contributed by atoms with van der Waals surface area (Å²) in [5, 5.41) is 9.14. The van der Waals surface area contributed by atoms with Crippen LogP contribution in [0.2, 0.25) is 0 Å². The zero-order valence-corrected chi connectivity index (χ0v) is 20.0. The second-order valence-electron chi connectivity index (χ2n) is 9.90. The number of rotatable bonds is 7. The average molecular weight is 477 g/mol. The lowest BCUT2D eigenvalue weighted by atomic mass is 9.81. The highest BCUT2D eigenvalue weighted by Gasteiger charge is 2.51. The number of hydrogen-bond donors (Lipinski definition) is 1. The minimum atomic E-state index is -0.960. The van der Waals surface area contributed by atoms with E-state index in [1.165, 1.54) is 0 Å². The van der Waals surface area contributed by atoms with Crippen LogP contribution in [0.25, 0.3) is 0 Å². The van der Waals surface area contributed by atoms with Gasteiger partial charge in [0, 0.05) is 24.4 Å². The van der Waals surface area contributed by atoms with E-state index in [1.54, 1.807) is 0 Å². The quantitative estimate of drug-likeness (QED) is 0.573. The molecule has 2 saturated carbocycles. The molecule has 4 unspecified atom stereocenters. The summed E-state index contributed by atoms with van der Waals surface area (Å²) in [5.74, 6) is -0.966. The number of anilines is 1. The number of fused-ring (bicyclic) bond motifs is 2. The minimum Gasteiger partial charge on any atom is -0.481 e. The number of carboxylic acids is 1. The van der Waals surface area contributed by atoms with Gasteiger partial charge in [0.2, 0.25) is 5.91 Å². The molecule has 184 valence electrons. The van der Waals surface area contributed by atoms with Crippen LogP contribution >= 0.6 is 0 Å². The van der Waals surface area contributed by atoms with E-state index in [4.69, 9.17) is 9.84 Å². The fourth-order valence-corrected chi connectivity index (χ4v) is 5.90. The summed E-state index contributed by atoms with van der Waals surface area (Å²) in [6.45, 7) is 1.88. The number of amides is 2. The first-order chi connectivity index (χ1) is 17.0. The molecule has 7 heteroatoms. The van der Waals surface area contributed by atoms with Crippen molar-refractivity contribution < 1.29 is 24.2 Å². The van der Waals surface area contributed by atoms with E-state index in [9.17, 15) is 14.4 Å². The molecule has 0 saturated heterocycles. The van der Waals surface area contributed by atoms with Gasteiger partial charge in [-0.25, -0.2) is 4.79 Å². The van der Waals surface area contributed by atoms with E-state index >= 15 is 0 Å². The Balaban J connectivity index is 1.47. The third-order valence-electron chi connectivity index (χ3n) is 7.61. The number of hydrogen-bond acceptors (Lipinski definition) is 4. The number of nitrogens with zero attached hydrogens (tertiary/aromatic N) is 2. The van der Waals surface area contributed by atoms with Crippen molar-refractivity contribution in [3.63, 3.8) is 0 Å². The maximum absolute atomic E-state index is 13.6. The Labute approximate surface area is 205 Å². The van der Waals surface area contributed by atoms with Gasteiger partial charge in [0.1, 0.15) is 6.10 Å². The summed E-state index contributed by atoms with van der Waals surface area (Å²) in [4.78, 5) is 41.8. The number of para-hydroxylation sites is 1. The second-order valence-corrected chi connectivity index (χ2v) is 9.90. The highest BCUT2D eigenvalue weighted by atomic mass is 16.6. The Kier molecular flexibility index (Phi) is 6.50. The summed E-state index contributed by atoms with van der Waals surface area (Å²) < 4.78 is 5.95. The van der Waals surface area contributed by atoms with E-state index in [-0.39, 0.29) is 55.0 Å². The van der Waals surface area contributed by atoms with Crippen LogP contribution < -0.4 is 4.90 Å². The van der Waals surface area contributed by atoms with Gasteiger partial charge in [-0.1, -0.05) is 55.0 Å². The van der Waals surface area contributed by atoms with E-state index in [2.05, 4.69) is 0 Å². The molecular formula is C28H32N2O5. The number of carbonyl (C=O) groups excluding carboxylic acids is 2. The van der Waals surface area contributed by atoms with Crippen LogP contribution in [0.5, 0.6) is 0 Å². The van der Waals surface area contributed by atoms with Crippen LogP contribution in [0.1, 0.15) is 75.1 Å². The standard InChI is InChI=1S/C28H32N2O5/c1-18(19-8-3-2-4-9-19)35-28(34)30-23-12-6-5-10-21(23)27(22-11-7-13-24(22)30)29(20-14-15-20)25(31)16-17-26(32)33/h2-6,8-10,12,18,20,22,24,27H,7,11,13-17H2,1H3,(H,32,33). The lowest BCUT2D eigenvalue weighted by molar-refractivity contribution is -0.142. The zero-order valence-electron chi connectivity index (χ0n) is 20.0. The summed E-state index contributed by atoms with van der Waals surface area (Å²) in [6, 6.07) is 17.5. The van der Waals surface area contributed by atoms with Gasteiger partial charge < -0.3 is 14.7 Å². The van der Waals surface area contributed by atoms with Gasteiger partial charge in [0.05, 0.1) is 18.2 Å². The molecule has 2 fully saturated rings. The first-order valence-electron chi connectivity index (χ1n) is 12.6. The molecule has 3 aliphatic rings. The first kappa shape index (κ1) is 23.4. The largest absolute Gasteiger partial charge is 0.481 e. The molecule has 2 aromatic carbocycles. The third-order valence-corrected chi connectivity index (χ3v) is 7.61. The Hall–Kier alpha value is -3.35. The lowest BCUT2D eigenvalue weighted by Crippen LogP contribution is -2.53. The maximum atomic E-state index is 13.6. The molecule has 1 heterocycles. The Bertz CT molecular complexity index is 1100. The number of carboxylic acid groups (broad SMARTS) is 1. The van der Waals surface area contributed by atoms with Gasteiger partial charge in [-0.3, -0.25) is 14.5 Å². The molecule has 0 spiro atoms. The summed E-state index contributed by atoms with van der Waals surface area (Å²) >= 11 is 0. The van der Waals surface area contributed by atoms with Crippen molar-refractivity contribution in [2.24, 2.45) is 5.92 Å². The average Bonchev–Trinajstić information content (AvgIpc) is 3.58. The molecule has 1 aliphatic heterocycles. The molecule has 4 atom stereocenters. The van der Waals surface area contributed by atoms with Crippen LogP contribution in [0, 0.1) is 5.92 Å². The molecular weight excluding hydrogens is 444 g/mol.